The molecule has 0 aliphatic rings. The predicted octanol–water partition coefficient (Wildman–Crippen LogP) is -0.0362. The largest absolute Gasteiger partial charge is 0.459 e. The second kappa shape index (κ2) is 4.40. The Morgan fingerprint density at radius 3 is 2.89 bits per heavy atom. The van der Waals surface area contributed by atoms with Crippen molar-refractivity contribution in [1.82, 2.24) is 0 Å². The Morgan fingerprint density at radius 1 is 2.00 bits per heavy atom. The van der Waals surface area contributed by atoms with Gasteiger partial charge in [-0.15, -0.1) is 12.6 Å². The van der Waals surface area contributed by atoms with Crippen molar-refractivity contribution in [2.24, 2.45) is 0 Å². The molecular formula is C5H8O3S. The second-order valence-electron chi connectivity index (χ2n) is 1.31. The lowest BCUT2D eigenvalue weighted by Gasteiger charge is -2.01. The fraction of sp³-hybridized carbons (Fsp3) is 0.400. The van der Waals surface area contributed by atoms with Gasteiger partial charge < -0.3 is 9.84 Å². The highest BCUT2D eigenvalue weighted by Crippen LogP contribution is 1.89. The molecule has 1 unspecified atom stereocenters. The van der Waals surface area contributed by atoms with E-state index in [-0.39, 0.29) is 6.61 Å². The van der Waals surface area contributed by atoms with E-state index < -0.39 is 11.4 Å². The first-order chi connectivity index (χ1) is 4.16. The summed E-state index contributed by atoms with van der Waals surface area (Å²) in [6.45, 7) is 3.05. The van der Waals surface area contributed by atoms with Crippen LogP contribution in [0.2, 0.25) is 0 Å². The second-order valence-corrected chi connectivity index (χ2v) is 1.91. The van der Waals surface area contributed by atoms with E-state index in [4.69, 9.17) is 5.11 Å². The molecule has 0 aromatic rings. The van der Waals surface area contributed by atoms with E-state index in [0.29, 0.717) is 0 Å². The number of carbonyl (C=O) groups excluding carboxylic acids is 1. The van der Waals surface area contributed by atoms with E-state index in [9.17, 15) is 4.79 Å². The minimum atomic E-state index is -0.908. The Bertz CT molecular complexity index is 111. The average Bonchev–Trinajstić information content (AvgIpc) is 1.83. The summed E-state index contributed by atoms with van der Waals surface area (Å²) in [5.41, 5.74) is -0.908. The molecule has 0 spiro atoms. The molecule has 1 N–H and O–H groups in total. The summed E-state index contributed by atoms with van der Waals surface area (Å²) in [4.78, 5) is 10.2. The van der Waals surface area contributed by atoms with Crippen molar-refractivity contribution in [3.05, 3.63) is 12.7 Å². The first kappa shape index (κ1) is 8.52. The lowest BCUT2D eigenvalue weighted by atomic mass is 10.6. The molecule has 0 fully saturated rings. The van der Waals surface area contributed by atoms with E-state index in [1.54, 1.807) is 0 Å². The fourth-order valence-corrected chi connectivity index (χ4v) is 0.290. The topological polar surface area (TPSA) is 46.5 Å². The maximum Gasteiger partial charge on any atom is 0.330 e. The number of rotatable bonds is 3. The third-order valence-electron chi connectivity index (χ3n) is 0.541. The monoisotopic (exact) mass is 148 g/mol. The van der Waals surface area contributed by atoms with Crippen LogP contribution in [0.15, 0.2) is 12.7 Å². The molecule has 1 atom stereocenters. The van der Waals surface area contributed by atoms with Crippen LogP contribution in [0.5, 0.6) is 0 Å². The minimum Gasteiger partial charge on any atom is -0.459 e. The number of ether oxygens (including phenoxy) is 1. The molecule has 4 heteroatoms. The predicted molar refractivity (Wildman–Crippen MR) is 36.1 cm³/mol. The van der Waals surface area contributed by atoms with Crippen LogP contribution in [0.4, 0.5) is 0 Å². The summed E-state index contributed by atoms with van der Waals surface area (Å²) in [5, 5.41) is 8.45. The molecule has 0 bridgehead atoms. The van der Waals surface area contributed by atoms with Crippen LogP contribution in [0, 0.1) is 0 Å². The lowest BCUT2D eigenvalue weighted by molar-refractivity contribution is -0.139. The molecule has 0 aromatic heterocycles. The van der Waals surface area contributed by atoms with Crippen molar-refractivity contribution in [3.63, 3.8) is 0 Å². The summed E-state index contributed by atoms with van der Waals surface area (Å²) in [5.74, 6) is -0.553. The van der Waals surface area contributed by atoms with Crippen LogP contribution in [-0.2, 0) is 9.53 Å². The van der Waals surface area contributed by atoms with Gasteiger partial charge in [0.1, 0.15) is 12.0 Å². The normalized spacial score (nSPS) is 12.2. The Morgan fingerprint density at radius 2 is 2.56 bits per heavy atom. The number of hydrogen-bond donors (Lipinski definition) is 2. The Hall–Kier alpha value is -0.480. The Kier molecular flexibility index (Phi) is 4.17. The van der Waals surface area contributed by atoms with Crippen molar-refractivity contribution in [1.29, 1.82) is 0 Å². The summed E-state index contributed by atoms with van der Waals surface area (Å²) < 4.78 is 4.37. The zero-order valence-electron chi connectivity index (χ0n) is 4.78. The number of carbonyl (C=O) groups is 1. The summed E-state index contributed by atoms with van der Waals surface area (Å²) >= 11 is 3.56. The van der Waals surface area contributed by atoms with Gasteiger partial charge in [-0.05, 0) is 0 Å². The number of esters is 1. The molecule has 0 amide bonds. The Balaban J connectivity index is 3.27. The SMILES string of the molecule is C=CC(=O)OCC(O)S. The van der Waals surface area contributed by atoms with Crippen molar-refractivity contribution in [2.75, 3.05) is 6.61 Å². The fourth-order valence-electron chi connectivity index (χ4n) is 0.216. The molecule has 3 nitrogen and oxygen atoms in total. The van der Waals surface area contributed by atoms with Gasteiger partial charge in [0.15, 0.2) is 0 Å². The van der Waals surface area contributed by atoms with Crippen LogP contribution in [-0.4, -0.2) is 23.1 Å². The van der Waals surface area contributed by atoms with Gasteiger partial charge in [0.05, 0.1) is 0 Å². The smallest absolute Gasteiger partial charge is 0.330 e. The summed E-state index contributed by atoms with van der Waals surface area (Å²) in [6.07, 6.45) is 1.02. The van der Waals surface area contributed by atoms with Crippen LogP contribution < -0.4 is 0 Å². The minimum absolute atomic E-state index is 0.103. The zero-order valence-corrected chi connectivity index (χ0v) is 5.67. The molecular weight excluding hydrogens is 140 g/mol. The highest BCUT2D eigenvalue weighted by Gasteiger charge is 1.98. The number of thiol groups is 1. The van der Waals surface area contributed by atoms with Gasteiger partial charge in [-0.1, -0.05) is 6.58 Å². The maximum atomic E-state index is 10.2. The van der Waals surface area contributed by atoms with Gasteiger partial charge in [0, 0.05) is 6.08 Å². The lowest BCUT2D eigenvalue weighted by Crippen LogP contribution is -2.11. The zero-order chi connectivity index (χ0) is 7.28. The van der Waals surface area contributed by atoms with Crippen LogP contribution in [0.25, 0.3) is 0 Å². The standard InChI is InChI=1S/C5H8O3S/c1-2-4(6)8-3-5(7)9/h2,5,7,9H,1,3H2. The van der Waals surface area contributed by atoms with Gasteiger partial charge in [-0.3, -0.25) is 0 Å². The van der Waals surface area contributed by atoms with Crippen molar-refractivity contribution in [3.8, 4) is 0 Å². The molecule has 0 aromatic carbocycles. The average molecular weight is 148 g/mol. The van der Waals surface area contributed by atoms with E-state index >= 15 is 0 Å². The molecule has 0 heterocycles. The van der Waals surface area contributed by atoms with Crippen LogP contribution in [0.3, 0.4) is 0 Å². The maximum absolute atomic E-state index is 10.2. The molecule has 0 radical (unpaired) electrons. The van der Waals surface area contributed by atoms with E-state index in [2.05, 4.69) is 23.9 Å². The third-order valence-corrected chi connectivity index (χ3v) is 0.690. The van der Waals surface area contributed by atoms with E-state index in [0.717, 1.165) is 6.08 Å². The van der Waals surface area contributed by atoms with E-state index in [1.165, 1.54) is 0 Å². The van der Waals surface area contributed by atoms with Gasteiger partial charge in [0.25, 0.3) is 0 Å². The molecule has 9 heavy (non-hydrogen) atoms. The molecule has 0 saturated carbocycles. The van der Waals surface area contributed by atoms with Gasteiger partial charge >= 0.3 is 5.97 Å². The molecule has 0 rings (SSSR count). The van der Waals surface area contributed by atoms with Gasteiger partial charge in [-0.25, -0.2) is 4.79 Å². The molecule has 52 valence electrons. The van der Waals surface area contributed by atoms with Crippen LogP contribution in [0.1, 0.15) is 0 Å². The van der Waals surface area contributed by atoms with Crippen molar-refractivity contribution >= 4 is 18.6 Å². The number of aliphatic hydroxyl groups is 1. The molecule has 0 saturated heterocycles. The summed E-state index contributed by atoms with van der Waals surface area (Å²) in [7, 11) is 0. The quantitative estimate of drug-likeness (QED) is 0.255. The number of hydrogen-bond acceptors (Lipinski definition) is 4. The molecule has 0 aliphatic carbocycles. The Labute approximate surface area is 58.7 Å². The summed E-state index contributed by atoms with van der Waals surface area (Å²) in [6, 6.07) is 0. The first-order valence-electron chi connectivity index (χ1n) is 2.32. The van der Waals surface area contributed by atoms with Gasteiger partial charge in [0.2, 0.25) is 0 Å². The van der Waals surface area contributed by atoms with Gasteiger partial charge in [-0.2, -0.15) is 0 Å². The van der Waals surface area contributed by atoms with E-state index in [1.807, 2.05) is 0 Å². The first-order valence-corrected chi connectivity index (χ1v) is 2.83. The highest BCUT2D eigenvalue weighted by atomic mass is 32.1. The van der Waals surface area contributed by atoms with Crippen molar-refractivity contribution < 1.29 is 14.6 Å². The third kappa shape index (κ3) is 5.39. The molecule has 0 aliphatic heterocycles. The highest BCUT2D eigenvalue weighted by molar-refractivity contribution is 7.80. The number of aliphatic hydroxyl groups excluding tert-OH is 1. The van der Waals surface area contributed by atoms with Crippen LogP contribution >= 0.6 is 12.6 Å². The van der Waals surface area contributed by atoms with Crippen molar-refractivity contribution in [2.45, 2.75) is 5.44 Å².